The van der Waals surface area contributed by atoms with Crippen molar-refractivity contribution in [2.75, 3.05) is 31.1 Å². The van der Waals surface area contributed by atoms with E-state index in [-0.39, 0.29) is 29.5 Å². The largest absolute Gasteiger partial charge is 0.497 e. The van der Waals surface area contributed by atoms with Crippen molar-refractivity contribution < 1.29 is 27.5 Å². The van der Waals surface area contributed by atoms with E-state index in [0.29, 0.717) is 41.7 Å². The number of anilines is 1. The predicted octanol–water partition coefficient (Wildman–Crippen LogP) is 6.11. The molecule has 1 atom stereocenters. The molecule has 1 N–H and O–H groups in total. The Hall–Kier alpha value is -4.54. The van der Waals surface area contributed by atoms with Crippen molar-refractivity contribution in [2.45, 2.75) is 44.2 Å². The van der Waals surface area contributed by atoms with Crippen molar-refractivity contribution in [3.05, 3.63) is 119 Å². The van der Waals surface area contributed by atoms with Crippen molar-refractivity contribution in [3.8, 4) is 11.5 Å². The van der Waals surface area contributed by atoms with Gasteiger partial charge in [-0.2, -0.15) is 0 Å². The first-order chi connectivity index (χ1) is 22.7. The van der Waals surface area contributed by atoms with Crippen LogP contribution in [0.4, 0.5) is 5.69 Å². The van der Waals surface area contributed by atoms with E-state index in [1.165, 1.54) is 29.2 Å². The van der Waals surface area contributed by atoms with Gasteiger partial charge in [0.1, 0.15) is 24.1 Å². The Morgan fingerprint density at radius 3 is 2.17 bits per heavy atom. The lowest BCUT2D eigenvalue weighted by atomic mass is 10.0. The molecule has 11 heteroatoms. The number of nitrogens with zero attached hydrogens (tertiary/aromatic N) is 2. The van der Waals surface area contributed by atoms with E-state index < -0.39 is 28.5 Å². The fourth-order valence-corrected chi connectivity index (χ4v) is 6.57. The first-order valence-corrected chi connectivity index (χ1v) is 17.2. The molecule has 0 bridgehead atoms. The van der Waals surface area contributed by atoms with Gasteiger partial charge in [-0.15, -0.1) is 0 Å². The molecular formula is C36H40ClN3O6S. The third-order valence-corrected chi connectivity index (χ3v) is 9.46. The molecule has 0 spiro atoms. The third-order valence-electron chi connectivity index (χ3n) is 7.42. The average Bonchev–Trinajstić information content (AvgIpc) is 3.08. The van der Waals surface area contributed by atoms with Crippen molar-refractivity contribution in [1.29, 1.82) is 0 Å². The Labute approximate surface area is 282 Å². The molecule has 0 aliphatic heterocycles. The van der Waals surface area contributed by atoms with Crippen LogP contribution in [0.2, 0.25) is 5.02 Å². The minimum atomic E-state index is -4.26. The van der Waals surface area contributed by atoms with Crippen molar-refractivity contribution in [3.63, 3.8) is 0 Å². The lowest BCUT2D eigenvalue weighted by Crippen LogP contribution is -2.53. The van der Waals surface area contributed by atoms with Crippen molar-refractivity contribution in [2.24, 2.45) is 0 Å². The summed E-state index contributed by atoms with van der Waals surface area (Å²) in [6.07, 6.45) is 0.928. The molecule has 9 nitrogen and oxygen atoms in total. The number of sulfonamides is 1. The third kappa shape index (κ3) is 9.49. The number of hydrogen-bond acceptors (Lipinski definition) is 6. The molecular weight excluding hydrogens is 638 g/mol. The Morgan fingerprint density at radius 2 is 1.53 bits per heavy atom. The molecule has 0 aliphatic carbocycles. The maximum absolute atomic E-state index is 14.6. The summed E-state index contributed by atoms with van der Waals surface area (Å²) < 4.78 is 40.4. The highest BCUT2D eigenvalue weighted by Gasteiger charge is 2.34. The normalized spacial score (nSPS) is 11.7. The van der Waals surface area contributed by atoms with E-state index in [2.05, 4.69) is 5.32 Å². The molecule has 248 valence electrons. The number of carbonyl (C=O) groups excluding carboxylic acids is 2. The molecule has 0 saturated carbocycles. The van der Waals surface area contributed by atoms with E-state index in [0.717, 1.165) is 9.87 Å². The van der Waals surface area contributed by atoms with Gasteiger partial charge in [0.2, 0.25) is 11.8 Å². The van der Waals surface area contributed by atoms with Crippen LogP contribution in [0.15, 0.2) is 108 Å². The summed E-state index contributed by atoms with van der Waals surface area (Å²) >= 11 is 6.07. The maximum atomic E-state index is 14.6. The van der Waals surface area contributed by atoms with Gasteiger partial charge >= 0.3 is 0 Å². The molecule has 4 rings (SSSR count). The summed E-state index contributed by atoms with van der Waals surface area (Å²) in [6, 6.07) is 27.9. The first kappa shape index (κ1) is 35.3. The lowest BCUT2D eigenvalue weighted by molar-refractivity contribution is -0.140. The molecule has 0 aromatic heterocycles. The smallest absolute Gasteiger partial charge is 0.264 e. The van der Waals surface area contributed by atoms with Gasteiger partial charge in [0, 0.05) is 24.5 Å². The monoisotopic (exact) mass is 677 g/mol. The second-order valence-electron chi connectivity index (χ2n) is 10.8. The van der Waals surface area contributed by atoms with Crippen LogP contribution in [0.1, 0.15) is 31.4 Å². The summed E-state index contributed by atoms with van der Waals surface area (Å²) in [5.41, 5.74) is 1.82. The molecule has 0 fully saturated rings. The number of halogens is 1. The number of carbonyl (C=O) groups is 2. The van der Waals surface area contributed by atoms with Crippen LogP contribution in [-0.2, 0) is 32.6 Å². The van der Waals surface area contributed by atoms with E-state index >= 15 is 0 Å². The SMILES string of the molecule is CCCNC(=O)[C@@H](Cc1ccccc1)N(Cc1cccc(OC)c1)C(=O)CN(c1ccc(OCC)cc1)S(=O)(=O)c1ccc(Cl)cc1. The number of ether oxygens (including phenoxy) is 2. The fraction of sp³-hybridized carbons (Fsp3) is 0.278. The molecule has 0 saturated heterocycles. The zero-order valence-electron chi connectivity index (χ0n) is 26.8. The second kappa shape index (κ2) is 16.9. The highest BCUT2D eigenvalue weighted by Crippen LogP contribution is 2.28. The van der Waals surface area contributed by atoms with Crippen LogP contribution in [0.5, 0.6) is 11.5 Å². The molecule has 0 aliphatic rings. The maximum Gasteiger partial charge on any atom is 0.264 e. The van der Waals surface area contributed by atoms with Gasteiger partial charge in [-0.25, -0.2) is 8.42 Å². The Morgan fingerprint density at radius 1 is 0.851 bits per heavy atom. The number of rotatable bonds is 16. The van der Waals surface area contributed by atoms with Gasteiger partial charge in [0.15, 0.2) is 0 Å². The van der Waals surface area contributed by atoms with Crippen LogP contribution < -0.4 is 19.1 Å². The zero-order valence-corrected chi connectivity index (χ0v) is 28.3. The van der Waals surface area contributed by atoms with E-state index in [4.69, 9.17) is 21.1 Å². The zero-order chi connectivity index (χ0) is 33.8. The number of hydrogen-bond donors (Lipinski definition) is 1. The summed E-state index contributed by atoms with van der Waals surface area (Å²) in [5, 5.41) is 3.32. The Balaban J connectivity index is 1.80. The predicted molar refractivity (Wildman–Crippen MR) is 184 cm³/mol. The summed E-state index contributed by atoms with van der Waals surface area (Å²) in [6.45, 7) is 4.12. The van der Waals surface area contributed by atoms with Gasteiger partial charge in [-0.3, -0.25) is 13.9 Å². The number of methoxy groups -OCH3 is 1. The summed E-state index contributed by atoms with van der Waals surface area (Å²) in [4.78, 5) is 29.8. The molecule has 0 heterocycles. The van der Waals surface area contributed by atoms with Gasteiger partial charge in [-0.05, 0) is 85.1 Å². The topological polar surface area (TPSA) is 105 Å². The van der Waals surface area contributed by atoms with Crippen molar-refractivity contribution in [1.82, 2.24) is 10.2 Å². The van der Waals surface area contributed by atoms with Crippen LogP contribution in [0.3, 0.4) is 0 Å². The molecule has 2 amide bonds. The molecule has 47 heavy (non-hydrogen) atoms. The lowest BCUT2D eigenvalue weighted by Gasteiger charge is -2.34. The van der Waals surface area contributed by atoms with Crippen molar-refractivity contribution >= 4 is 39.1 Å². The fourth-order valence-electron chi connectivity index (χ4n) is 5.03. The molecule has 0 unspecified atom stereocenters. The van der Waals surface area contributed by atoms with E-state index in [9.17, 15) is 18.0 Å². The summed E-state index contributed by atoms with van der Waals surface area (Å²) in [7, 11) is -2.71. The second-order valence-corrected chi connectivity index (χ2v) is 13.1. The van der Waals surface area contributed by atoms with E-state index in [1.54, 1.807) is 49.6 Å². The summed E-state index contributed by atoms with van der Waals surface area (Å²) in [5.74, 6) is 0.250. The van der Waals surface area contributed by atoms with Crippen LogP contribution in [0.25, 0.3) is 0 Å². The minimum absolute atomic E-state index is 0.0329. The molecule has 4 aromatic carbocycles. The van der Waals surface area contributed by atoms with Gasteiger partial charge < -0.3 is 19.7 Å². The highest BCUT2D eigenvalue weighted by atomic mass is 35.5. The first-order valence-electron chi connectivity index (χ1n) is 15.4. The van der Waals surface area contributed by atoms with E-state index in [1.807, 2.05) is 50.2 Å². The van der Waals surface area contributed by atoms with Gasteiger partial charge in [-0.1, -0.05) is 61.0 Å². The van der Waals surface area contributed by atoms with Crippen LogP contribution >= 0.6 is 11.6 Å². The highest BCUT2D eigenvalue weighted by molar-refractivity contribution is 7.92. The standard InChI is InChI=1S/C36H40ClN3O6S/c1-4-22-38-36(42)34(24-27-10-7-6-8-11-27)39(25-28-12-9-13-32(23-28)45-3)35(41)26-40(30-16-18-31(19-17-30)46-5-2)47(43,44)33-20-14-29(37)15-21-33/h6-21,23,34H,4-5,22,24-26H2,1-3H3,(H,38,42)/t34-/m1/s1. The number of amides is 2. The average molecular weight is 678 g/mol. The quantitative estimate of drug-likeness (QED) is 0.154. The molecule has 4 aromatic rings. The van der Waals surface area contributed by atoms with Crippen LogP contribution in [0, 0.1) is 0 Å². The van der Waals surface area contributed by atoms with Gasteiger partial charge in [0.05, 0.1) is 24.3 Å². The number of benzene rings is 4. The minimum Gasteiger partial charge on any atom is -0.497 e. The Kier molecular flexibility index (Phi) is 12.7. The van der Waals surface area contributed by atoms with Crippen LogP contribution in [-0.4, -0.2) is 58.0 Å². The number of nitrogens with one attached hydrogen (secondary N) is 1. The van der Waals surface area contributed by atoms with Gasteiger partial charge in [0.25, 0.3) is 10.0 Å². The molecule has 0 radical (unpaired) electrons. The Bertz CT molecular complexity index is 1720.